The van der Waals surface area contributed by atoms with E-state index in [1.54, 1.807) is 25.1 Å². The minimum absolute atomic E-state index is 0.000352. The second-order valence-corrected chi connectivity index (χ2v) is 6.18. The van der Waals surface area contributed by atoms with Crippen molar-refractivity contribution in [2.24, 2.45) is 5.92 Å². The van der Waals surface area contributed by atoms with E-state index in [2.05, 4.69) is 5.32 Å². The van der Waals surface area contributed by atoms with Crippen LogP contribution in [0.1, 0.15) is 13.3 Å². The van der Waals surface area contributed by atoms with E-state index in [0.717, 1.165) is 26.1 Å². The standard InChI is InChI=1S/C15H20Cl2N2O2/c1-10(21-14-4-3-12(16)7-13(14)17)15(20)19-6-5-11(9-19)8-18-2/h3-4,7,10-11,18H,5-6,8-9H2,1-2H3. The first-order valence-electron chi connectivity index (χ1n) is 7.06. The van der Waals surface area contributed by atoms with Crippen LogP contribution in [0, 0.1) is 5.92 Å². The highest BCUT2D eigenvalue weighted by atomic mass is 35.5. The molecule has 1 aromatic rings. The van der Waals surface area contributed by atoms with E-state index >= 15 is 0 Å². The van der Waals surface area contributed by atoms with Gasteiger partial charge >= 0.3 is 0 Å². The fourth-order valence-electron chi connectivity index (χ4n) is 2.56. The molecule has 0 aromatic heterocycles. The fourth-order valence-corrected chi connectivity index (χ4v) is 3.01. The lowest BCUT2D eigenvalue weighted by Gasteiger charge is -2.22. The van der Waals surface area contributed by atoms with Crippen molar-refractivity contribution in [3.8, 4) is 5.75 Å². The molecule has 2 rings (SSSR count). The molecule has 0 spiro atoms. The molecule has 2 unspecified atom stereocenters. The van der Waals surface area contributed by atoms with Gasteiger partial charge in [-0.15, -0.1) is 0 Å². The molecule has 4 nitrogen and oxygen atoms in total. The number of nitrogens with one attached hydrogen (secondary N) is 1. The molecule has 0 bridgehead atoms. The van der Waals surface area contributed by atoms with Gasteiger partial charge in [-0.2, -0.15) is 0 Å². The van der Waals surface area contributed by atoms with Crippen molar-refractivity contribution in [3.05, 3.63) is 28.2 Å². The van der Waals surface area contributed by atoms with Gasteiger partial charge in [0.1, 0.15) is 5.75 Å². The highest BCUT2D eigenvalue weighted by Gasteiger charge is 2.29. The summed E-state index contributed by atoms with van der Waals surface area (Å²) in [5.74, 6) is 0.998. The molecule has 1 aliphatic rings. The highest BCUT2D eigenvalue weighted by molar-refractivity contribution is 6.35. The van der Waals surface area contributed by atoms with Gasteiger partial charge in [0.25, 0.3) is 5.91 Å². The van der Waals surface area contributed by atoms with Gasteiger partial charge in [0.05, 0.1) is 5.02 Å². The van der Waals surface area contributed by atoms with Crippen molar-refractivity contribution in [3.63, 3.8) is 0 Å². The van der Waals surface area contributed by atoms with Crippen molar-refractivity contribution >= 4 is 29.1 Å². The Morgan fingerprint density at radius 1 is 1.52 bits per heavy atom. The Balaban J connectivity index is 1.94. The molecule has 1 heterocycles. The number of rotatable bonds is 5. The second kappa shape index (κ2) is 7.34. The summed E-state index contributed by atoms with van der Waals surface area (Å²) in [6.07, 6.45) is 0.470. The minimum atomic E-state index is -0.558. The van der Waals surface area contributed by atoms with Crippen LogP contribution in [0.2, 0.25) is 10.0 Å². The van der Waals surface area contributed by atoms with Crippen LogP contribution in [0.4, 0.5) is 0 Å². The van der Waals surface area contributed by atoms with E-state index < -0.39 is 6.10 Å². The summed E-state index contributed by atoms with van der Waals surface area (Å²) in [5.41, 5.74) is 0. The number of hydrogen-bond donors (Lipinski definition) is 1. The number of benzene rings is 1. The molecular weight excluding hydrogens is 311 g/mol. The molecule has 1 amide bonds. The van der Waals surface area contributed by atoms with E-state index in [1.807, 2.05) is 11.9 Å². The van der Waals surface area contributed by atoms with Crippen LogP contribution in [0.25, 0.3) is 0 Å². The van der Waals surface area contributed by atoms with E-state index in [-0.39, 0.29) is 5.91 Å². The SMILES string of the molecule is CNCC1CCN(C(=O)C(C)Oc2ccc(Cl)cc2Cl)C1. The Kier molecular flexibility index (Phi) is 5.73. The summed E-state index contributed by atoms with van der Waals surface area (Å²) in [6.45, 7) is 4.25. The molecule has 1 aromatic carbocycles. The van der Waals surface area contributed by atoms with Gasteiger partial charge in [0.15, 0.2) is 6.10 Å². The Morgan fingerprint density at radius 3 is 2.95 bits per heavy atom. The number of halogens is 2. The number of carbonyl (C=O) groups is 1. The van der Waals surface area contributed by atoms with E-state index in [4.69, 9.17) is 27.9 Å². The number of carbonyl (C=O) groups excluding carboxylic acids is 1. The molecule has 0 aliphatic carbocycles. The van der Waals surface area contributed by atoms with Gasteiger partial charge in [-0.1, -0.05) is 23.2 Å². The summed E-state index contributed by atoms with van der Waals surface area (Å²) in [4.78, 5) is 14.2. The van der Waals surface area contributed by atoms with Gasteiger partial charge in [0.2, 0.25) is 0 Å². The molecule has 1 N–H and O–H groups in total. The van der Waals surface area contributed by atoms with Gasteiger partial charge in [-0.3, -0.25) is 4.79 Å². The van der Waals surface area contributed by atoms with Gasteiger partial charge in [-0.25, -0.2) is 0 Å². The third-order valence-corrected chi connectivity index (χ3v) is 4.17. The molecule has 0 saturated carbocycles. The highest BCUT2D eigenvalue weighted by Crippen LogP contribution is 2.28. The maximum absolute atomic E-state index is 12.4. The lowest BCUT2D eigenvalue weighted by atomic mass is 10.1. The van der Waals surface area contributed by atoms with Gasteiger partial charge in [0, 0.05) is 18.1 Å². The number of likely N-dealkylation sites (tertiary alicyclic amines) is 1. The van der Waals surface area contributed by atoms with Crippen LogP contribution in [-0.2, 0) is 4.79 Å². The smallest absolute Gasteiger partial charge is 0.263 e. The molecule has 1 aliphatic heterocycles. The molecule has 116 valence electrons. The molecule has 1 fully saturated rings. The van der Waals surface area contributed by atoms with Crippen molar-refractivity contribution in [1.82, 2.24) is 10.2 Å². The lowest BCUT2D eigenvalue weighted by molar-refractivity contribution is -0.136. The normalized spacial score (nSPS) is 19.6. The molecular formula is C15H20Cl2N2O2. The summed E-state index contributed by atoms with van der Waals surface area (Å²) in [6, 6.07) is 4.98. The Hall–Kier alpha value is -0.970. The summed E-state index contributed by atoms with van der Waals surface area (Å²) in [5, 5.41) is 4.11. The van der Waals surface area contributed by atoms with Crippen molar-refractivity contribution in [1.29, 1.82) is 0 Å². The Morgan fingerprint density at radius 2 is 2.29 bits per heavy atom. The van der Waals surface area contributed by atoms with Crippen LogP contribution in [0.3, 0.4) is 0 Å². The molecule has 6 heteroatoms. The van der Waals surface area contributed by atoms with Gasteiger partial charge in [-0.05, 0) is 51.1 Å². The molecule has 2 atom stereocenters. The Labute approximate surface area is 135 Å². The second-order valence-electron chi connectivity index (χ2n) is 5.33. The van der Waals surface area contributed by atoms with E-state index in [0.29, 0.717) is 21.7 Å². The van der Waals surface area contributed by atoms with Crippen LogP contribution in [0.15, 0.2) is 18.2 Å². The third kappa shape index (κ3) is 4.25. The third-order valence-electron chi connectivity index (χ3n) is 3.64. The van der Waals surface area contributed by atoms with Crippen LogP contribution >= 0.6 is 23.2 Å². The lowest BCUT2D eigenvalue weighted by Crippen LogP contribution is -2.39. The quantitative estimate of drug-likeness (QED) is 0.902. The van der Waals surface area contributed by atoms with Gasteiger partial charge < -0.3 is 15.0 Å². The summed E-state index contributed by atoms with van der Waals surface area (Å²) < 4.78 is 5.67. The predicted molar refractivity (Wildman–Crippen MR) is 85.2 cm³/mol. The first-order valence-corrected chi connectivity index (χ1v) is 7.82. The Bertz CT molecular complexity index is 510. The zero-order chi connectivity index (χ0) is 15.4. The number of nitrogens with zero attached hydrogens (tertiary/aromatic N) is 1. The molecule has 21 heavy (non-hydrogen) atoms. The van der Waals surface area contributed by atoms with Crippen molar-refractivity contribution in [2.75, 3.05) is 26.7 Å². The maximum Gasteiger partial charge on any atom is 0.263 e. The molecule has 0 radical (unpaired) electrons. The predicted octanol–water partition coefficient (Wildman–Crippen LogP) is 2.83. The first kappa shape index (κ1) is 16.4. The van der Waals surface area contributed by atoms with Crippen molar-refractivity contribution in [2.45, 2.75) is 19.4 Å². The topological polar surface area (TPSA) is 41.6 Å². The largest absolute Gasteiger partial charge is 0.479 e. The maximum atomic E-state index is 12.4. The van der Waals surface area contributed by atoms with E-state index in [1.165, 1.54) is 0 Å². The number of hydrogen-bond acceptors (Lipinski definition) is 3. The zero-order valence-electron chi connectivity index (χ0n) is 12.2. The summed E-state index contributed by atoms with van der Waals surface area (Å²) >= 11 is 11.9. The average molecular weight is 331 g/mol. The zero-order valence-corrected chi connectivity index (χ0v) is 13.7. The minimum Gasteiger partial charge on any atom is -0.479 e. The monoisotopic (exact) mass is 330 g/mol. The average Bonchev–Trinajstić information content (AvgIpc) is 2.90. The van der Waals surface area contributed by atoms with Crippen molar-refractivity contribution < 1.29 is 9.53 Å². The number of amides is 1. The van der Waals surface area contributed by atoms with E-state index in [9.17, 15) is 4.79 Å². The van der Waals surface area contributed by atoms with Crippen LogP contribution in [0.5, 0.6) is 5.75 Å². The van der Waals surface area contributed by atoms with Crippen LogP contribution < -0.4 is 10.1 Å². The van der Waals surface area contributed by atoms with Crippen LogP contribution in [-0.4, -0.2) is 43.6 Å². The number of ether oxygens (including phenoxy) is 1. The molecule has 1 saturated heterocycles. The fraction of sp³-hybridized carbons (Fsp3) is 0.533. The first-order chi connectivity index (χ1) is 10.0. The summed E-state index contributed by atoms with van der Waals surface area (Å²) in [7, 11) is 1.93.